The summed E-state index contributed by atoms with van der Waals surface area (Å²) in [4.78, 5) is 28.2. The third-order valence-corrected chi connectivity index (χ3v) is 4.95. The van der Waals surface area contributed by atoms with Crippen LogP contribution < -0.4 is 5.32 Å². The van der Waals surface area contributed by atoms with Crippen LogP contribution in [0.4, 0.5) is 36.6 Å². The summed E-state index contributed by atoms with van der Waals surface area (Å²) in [5.74, 6) is -5.09. The molecule has 0 saturated heterocycles. The Morgan fingerprint density at radius 3 is 2.17 bits per heavy atom. The Bertz CT molecular complexity index is 1440. The minimum Gasteiger partial charge on any atom is -0.301 e. The minimum absolute atomic E-state index is 0.0216. The summed E-state index contributed by atoms with van der Waals surface area (Å²) in [7, 11) is 0. The Balaban J connectivity index is 1.98. The number of carbonyl (C=O) groups excluding carboxylic acids is 2. The van der Waals surface area contributed by atoms with Crippen LogP contribution >= 0.6 is 0 Å². The lowest BCUT2D eigenvalue weighted by molar-refractivity contribution is -0.167. The smallest absolute Gasteiger partial charge is 0.301 e. The predicted molar refractivity (Wildman–Crippen MR) is 110 cm³/mol. The molecule has 0 aliphatic rings. The molecule has 0 aliphatic carbocycles. The highest BCUT2D eigenvalue weighted by atomic mass is 19.4. The van der Waals surface area contributed by atoms with Crippen molar-refractivity contribution in [2.45, 2.75) is 12.4 Å². The van der Waals surface area contributed by atoms with Crippen LogP contribution in [0.1, 0.15) is 21.5 Å². The first-order chi connectivity index (χ1) is 16.4. The molecule has 0 bridgehead atoms. The number of fused-ring (bicyclic) bond motifs is 1. The molecule has 0 spiro atoms. The van der Waals surface area contributed by atoms with Gasteiger partial charge >= 0.3 is 18.3 Å². The number of hydrogen-bond acceptors (Lipinski definition) is 3. The second kappa shape index (κ2) is 8.53. The van der Waals surface area contributed by atoms with Crippen LogP contribution in [-0.4, -0.2) is 27.3 Å². The Morgan fingerprint density at radius 1 is 0.857 bits per heavy atom. The number of benzene rings is 2. The maximum atomic E-state index is 13.7. The number of amides is 1. The summed E-state index contributed by atoms with van der Waals surface area (Å²) in [6.45, 7) is 0. The number of pyridine rings is 1. The lowest BCUT2D eigenvalue weighted by Gasteiger charge is -2.15. The van der Waals surface area contributed by atoms with Crippen molar-refractivity contribution in [3.8, 4) is 11.3 Å². The average Bonchev–Trinajstić information content (AvgIpc) is 3.15. The van der Waals surface area contributed by atoms with Gasteiger partial charge in [-0.15, -0.1) is 0 Å². The van der Waals surface area contributed by atoms with Gasteiger partial charge in [0, 0.05) is 22.9 Å². The first-order valence-electron chi connectivity index (χ1n) is 9.73. The van der Waals surface area contributed by atoms with Gasteiger partial charge in [-0.2, -0.15) is 26.3 Å². The molecule has 2 aromatic carbocycles. The predicted octanol–water partition coefficient (Wildman–Crippen LogP) is 5.89. The van der Waals surface area contributed by atoms with Gasteiger partial charge < -0.3 is 5.32 Å². The summed E-state index contributed by atoms with van der Waals surface area (Å²) in [5.41, 5.74) is -2.83. The number of nitrogens with zero attached hydrogens (tertiary/aromatic N) is 2. The number of anilines is 1. The summed E-state index contributed by atoms with van der Waals surface area (Å²) < 4.78 is 94.4. The third-order valence-electron chi connectivity index (χ3n) is 4.95. The second-order valence-corrected chi connectivity index (χ2v) is 7.29. The SMILES string of the molecule is O=C(c1ccccc1)c1ccc2nc(NC(=O)C(F)(F)F)c(-c3ccc(F)cc3C(F)(F)F)n2c1. The van der Waals surface area contributed by atoms with Gasteiger partial charge in [-0.25, -0.2) is 9.37 Å². The van der Waals surface area contributed by atoms with Crippen molar-refractivity contribution in [2.24, 2.45) is 0 Å². The number of carbonyl (C=O) groups is 2. The van der Waals surface area contributed by atoms with Gasteiger partial charge in [-0.3, -0.25) is 14.0 Å². The summed E-state index contributed by atoms with van der Waals surface area (Å²) in [6, 6.07) is 11.9. The monoisotopic (exact) mass is 495 g/mol. The molecule has 12 heteroatoms. The third kappa shape index (κ3) is 4.72. The molecule has 1 N–H and O–H groups in total. The normalized spacial score (nSPS) is 12.1. The number of nitrogens with one attached hydrogen (secondary N) is 1. The van der Waals surface area contributed by atoms with E-state index in [-0.39, 0.29) is 22.8 Å². The standard InChI is InChI=1S/C23H12F7N3O2/c24-14-7-8-15(16(10-14)22(25,26)27)18-20(32-21(35)23(28,29)30)31-17-9-6-13(11-33(17)18)19(34)12-4-2-1-3-5-12/h1-11H,(H,32,35). The molecule has 2 aromatic heterocycles. The molecule has 2 heterocycles. The second-order valence-electron chi connectivity index (χ2n) is 7.29. The molecule has 0 fully saturated rings. The fourth-order valence-corrected chi connectivity index (χ4v) is 3.42. The van der Waals surface area contributed by atoms with E-state index in [0.29, 0.717) is 12.1 Å². The van der Waals surface area contributed by atoms with E-state index in [0.717, 1.165) is 10.6 Å². The quantitative estimate of drug-likeness (QED) is 0.284. The van der Waals surface area contributed by atoms with Gasteiger partial charge in [0.05, 0.1) is 11.3 Å². The van der Waals surface area contributed by atoms with E-state index in [4.69, 9.17) is 0 Å². The van der Waals surface area contributed by atoms with Gasteiger partial charge in [-0.1, -0.05) is 30.3 Å². The lowest BCUT2D eigenvalue weighted by atomic mass is 10.0. The highest BCUT2D eigenvalue weighted by Gasteiger charge is 2.41. The van der Waals surface area contributed by atoms with Crippen molar-refractivity contribution < 1.29 is 40.3 Å². The van der Waals surface area contributed by atoms with E-state index in [1.54, 1.807) is 18.2 Å². The van der Waals surface area contributed by atoms with E-state index in [1.165, 1.54) is 29.6 Å². The van der Waals surface area contributed by atoms with E-state index in [2.05, 4.69) is 4.98 Å². The zero-order valence-corrected chi connectivity index (χ0v) is 17.2. The van der Waals surface area contributed by atoms with Crippen molar-refractivity contribution in [1.29, 1.82) is 0 Å². The maximum absolute atomic E-state index is 13.7. The van der Waals surface area contributed by atoms with Gasteiger partial charge in [0.1, 0.15) is 11.5 Å². The highest BCUT2D eigenvalue weighted by molar-refractivity contribution is 6.09. The molecule has 5 nitrogen and oxygen atoms in total. The van der Waals surface area contributed by atoms with Crippen LogP contribution in [-0.2, 0) is 11.0 Å². The minimum atomic E-state index is -5.36. The van der Waals surface area contributed by atoms with Crippen LogP contribution in [0, 0.1) is 5.82 Å². The van der Waals surface area contributed by atoms with Crippen molar-refractivity contribution in [3.05, 3.63) is 89.4 Å². The number of rotatable bonds is 4. The summed E-state index contributed by atoms with van der Waals surface area (Å²) >= 11 is 0. The fraction of sp³-hybridized carbons (Fsp3) is 0.0870. The van der Waals surface area contributed by atoms with E-state index >= 15 is 0 Å². The molecule has 35 heavy (non-hydrogen) atoms. The molecule has 4 aromatic rings. The van der Waals surface area contributed by atoms with Gasteiger partial charge in [0.2, 0.25) is 0 Å². The Kier molecular flexibility index (Phi) is 5.83. The first-order valence-corrected chi connectivity index (χ1v) is 9.73. The number of alkyl halides is 6. The Labute approximate surface area is 191 Å². The highest BCUT2D eigenvalue weighted by Crippen LogP contribution is 2.40. The van der Waals surface area contributed by atoms with Crippen LogP contribution in [0.3, 0.4) is 0 Å². The molecule has 0 radical (unpaired) electrons. The molecule has 1 amide bonds. The summed E-state index contributed by atoms with van der Waals surface area (Å²) in [6.07, 6.45) is -9.39. The average molecular weight is 495 g/mol. The maximum Gasteiger partial charge on any atom is 0.471 e. The topological polar surface area (TPSA) is 63.5 Å². The Morgan fingerprint density at radius 2 is 1.54 bits per heavy atom. The van der Waals surface area contributed by atoms with Crippen molar-refractivity contribution >= 4 is 23.2 Å². The molecule has 0 aliphatic heterocycles. The molecule has 0 atom stereocenters. The molecular formula is C23H12F7N3O2. The number of halogens is 7. The largest absolute Gasteiger partial charge is 0.471 e. The van der Waals surface area contributed by atoms with Gasteiger partial charge in [-0.05, 0) is 30.3 Å². The van der Waals surface area contributed by atoms with Gasteiger partial charge in [0.15, 0.2) is 11.6 Å². The van der Waals surface area contributed by atoms with Crippen LogP contribution in [0.5, 0.6) is 0 Å². The first kappa shape index (κ1) is 23.9. The van der Waals surface area contributed by atoms with E-state index in [1.807, 2.05) is 0 Å². The number of imidazole rings is 1. The fourth-order valence-electron chi connectivity index (χ4n) is 3.42. The van der Waals surface area contributed by atoms with Crippen LogP contribution in [0.25, 0.3) is 16.9 Å². The molecular weight excluding hydrogens is 483 g/mol. The van der Waals surface area contributed by atoms with E-state index < -0.39 is 52.5 Å². The number of ketones is 1. The van der Waals surface area contributed by atoms with Crippen molar-refractivity contribution in [1.82, 2.24) is 9.38 Å². The molecule has 4 rings (SSSR count). The van der Waals surface area contributed by atoms with E-state index in [9.17, 15) is 40.3 Å². The number of aromatic nitrogens is 2. The van der Waals surface area contributed by atoms with Crippen LogP contribution in [0.15, 0.2) is 66.9 Å². The summed E-state index contributed by atoms with van der Waals surface area (Å²) in [5, 5.41) is 1.47. The van der Waals surface area contributed by atoms with Crippen LogP contribution in [0.2, 0.25) is 0 Å². The zero-order chi connectivity index (χ0) is 25.5. The van der Waals surface area contributed by atoms with Crippen molar-refractivity contribution in [3.63, 3.8) is 0 Å². The zero-order valence-electron chi connectivity index (χ0n) is 17.2. The lowest BCUT2D eigenvalue weighted by Crippen LogP contribution is -2.30. The molecule has 0 saturated carbocycles. The number of hydrogen-bond donors (Lipinski definition) is 1. The Hall–Kier alpha value is -4.22. The van der Waals surface area contributed by atoms with Crippen molar-refractivity contribution in [2.75, 3.05) is 5.32 Å². The van der Waals surface area contributed by atoms with Gasteiger partial charge in [0.25, 0.3) is 0 Å². The molecule has 180 valence electrons. The molecule has 0 unspecified atom stereocenters.